The molecule has 0 unspecified atom stereocenters. The lowest BCUT2D eigenvalue weighted by atomic mass is 10.0. The minimum absolute atomic E-state index is 0.628. The van der Waals surface area contributed by atoms with Gasteiger partial charge >= 0.3 is 0 Å². The second-order valence-corrected chi connectivity index (χ2v) is 4.84. The summed E-state index contributed by atoms with van der Waals surface area (Å²) in [6.07, 6.45) is 1.74. The third-order valence-electron chi connectivity index (χ3n) is 3.11. The van der Waals surface area contributed by atoms with E-state index in [1.807, 2.05) is 24.3 Å². The van der Waals surface area contributed by atoms with Gasteiger partial charge in [-0.1, -0.05) is 40.2 Å². The van der Waals surface area contributed by atoms with Crippen LogP contribution in [0.1, 0.15) is 11.1 Å². The Morgan fingerprint density at radius 2 is 2.00 bits per heavy atom. The van der Waals surface area contributed by atoms with Crippen molar-refractivity contribution in [3.63, 3.8) is 0 Å². The average molecular weight is 312 g/mol. The molecule has 0 atom stereocenters. The zero-order chi connectivity index (χ0) is 13.2. The molecule has 2 aromatic carbocycles. The molecule has 0 saturated heterocycles. The first-order valence-electron chi connectivity index (χ1n) is 5.89. The number of hydrogen-bond donors (Lipinski definition) is 0. The monoisotopic (exact) mass is 311 g/mol. The van der Waals surface area contributed by atoms with E-state index in [0.29, 0.717) is 5.56 Å². The summed E-state index contributed by atoms with van der Waals surface area (Å²) >= 11 is 3.44. The van der Waals surface area contributed by atoms with Gasteiger partial charge in [0, 0.05) is 21.7 Å². The second kappa shape index (κ2) is 4.91. The fourth-order valence-corrected chi connectivity index (χ4v) is 2.52. The van der Waals surface area contributed by atoms with Gasteiger partial charge in [-0.25, -0.2) is 0 Å². The third-order valence-corrected chi connectivity index (χ3v) is 3.76. The number of nitrogens with zero attached hydrogens (tertiary/aromatic N) is 1. The molecule has 3 rings (SSSR count). The maximum atomic E-state index is 9.17. The highest BCUT2D eigenvalue weighted by Crippen LogP contribution is 2.33. The molecule has 0 saturated carbocycles. The number of benzene rings is 2. The zero-order valence-corrected chi connectivity index (χ0v) is 11.6. The maximum absolute atomic E-state index is 9.17. The Morgan fingerprint density at radius 1 is 1.16 bits per heavy atom. The lowest BCUT2D eigenvalue weighted by Gasteiger charge is -2.01. The first-order valence-corrected chi connectivity index (χ1v) is 7.01. The Labute approximate surface area is 119 Å². The summed E-state index contributed by atoms with van der Waals surface area (Å²) in [5.41, 5.74) is 2.67. The number of hydrogen-bond acceptors (Lipinski definition) is 2. The van der Waals surface area contributed by atoms with Crippen LogP contribution in [0.4, 0.5) is 0 Å². The molecule has 0 fully saturated rings. The highest BCUT2D eigenvalue weighted by atomic mass is 79.9. The van der Waals surface area contributed by atoms with Crippen LogP contribution in [-0.2, 0) is 5.33 Å². The van der Waals surface area contributed by atoms with Gasteiger partial charge in [-0.15, -0.1) is 0 Å². The van der Waals surface area contributed by atoms with Gasteiger partial charge in [-0.3, -0.25) is 0 Å². The van der Waals surface area contributed by atoms with E-state index >= 15 is 0 Å². The standard InChI is InChI=1S/C16H10BrNO/c17-8-11-5-6-15-13(7-11)10-19-16(15)14-4-2-1-3-12(14)9-18/h1-7,10H,8H2. The van der Waals surface area contributed by atoms with Gasteiger partial charge in [-0.05, 0) is 23.8 Å². The fourth-order valence-electron chi connectivity index (χ4n) is 2.17. The van der Waals surface area contributed by atoms with E-state index in [1.54, 1.807) is 12.3 Å². The van der Waals surface area contributed by atoms with Gasteiger partial charge in [0.1, 0.15) is 5.76 Å². The van der Waals surface area contributed by atoms with Gasteiger partial charge in [0.2, 0.25) is 0 Å². The molecule has 0 aliphatic carbocycles. The number of nitriles is 1. The molecule has 19 heavy (non-hydrogen) atoms. The van der Waals surface area contributed by atoms with Crippen molar-refractivity contribution < 1.29 is 4.42 Å². The molecule has 0 bridgehead atoms. The molecule has 0 aliphatic heterocycles. The van der Waals surface area contributed by atoms with Crippen LogP contribution in [0.3, 0.4) is 0 Å². The lowest BCUT2D eigenvalue weighted by molar-refractivity contribution is 0.587. The van der Waals surface area contributed by atoms with Crippen molar-refractivity contribution in [1.29, 1.82) is 5.26 Å². The van der Waals surface area contributed by atoms with Crippen LogP contribution in [0.2, 0.25) is 0 Å². The Kier molecular flexibility index (Phi) is 3.10. The predicted octanol–water partition coefficient (Wildman–Crippen LogP) is 4.87. The zero-order valence-electron chi connectivity index (χ0n) is 10.1. The highest BCUT2D eigenvalue weighted by molar-refractivity contribution is 9.08. The summed E-state index contributed by atoms with van der Waals surface area (Å²) in [6.45, 7) is 0. The molecule has 3 heteroatoms. The van der Waals surface area contributed by atoms with Crippen LogP contribution >= 0.6 is 15.9 Å². The Balaban J connectivity index is 2.24. The minimum Gasteiger partial charge on any atom is -0.463 e. The smallest absolute Gasteiger partial charge is 0.143 e. The summed E-state index contributed by atoms with van der Waals surface area (Å²) in [4.78, 5) is 0. The number of halogens is 1. The molecule has 0 amide bonds. The summed E-state index contributed by atoms with van der Waals surface area (Å²) in [6, 6.07) is 15.9. The van der Waals surface area contributed by atoms with Gasteiger partial charge in [-0.2, -0.15) is 5.26 Å². The second-order valence-electron chi connectivity index (χ2n) is 4.28. The van der Waals surface area contributed by atoms with Gasteiger partial charge in [0.25, 0.3) is 0 Å². The molecule has 1 heterocycles. The van der Waals surface area contributed by atoms with Gasteiger partial charge < -0.3 is 4.42 Å². The van der Waals surface area contributed by atoms with E-state index in [9.17, 15) is 5.26 Å². The molecular weight excluding hydrogens is 302 g/mol. The number of fused-ring (bicyclic) bond motifs is 1. The minimum atomic E-state index is 0.628. The van der Waals surface area contributed by atoms with Crippen LogP contribution in [0.15, 0.2) is 53.1 Å². The summed E-state index contributed by atoms with van der Waals surface area (Å²) in [7, 11) is 0. The van der Waals surface area contributed by atoms with Gasteiger partial charge in [0.15, 0.2) is 0 Å². The van der Waals surface area contributed by atoms with Crippen LogP contribution in [0, 0.1) is 11.3 Å². The maximum Gasteiger partial charge on any atom is 0.143 e. The van der Waals surface area contributed by atoms with E-state index in [2.05, 4.69) is 34.1 Å². The largest absolute Gasteiger partial charge is 0.463 e. The summed E-state index contributed by atoms with van der Waals surface area (Å²) in [5, 5.41) is 12.1. The van der Waals surface area contributed by atoms with Crippen LogP contribution < -0.4 is 0 Å². The molecule has 0 N–H and O–H groups in total. The third kappa shape index (κ3) is 2.05. The van der Waals surface area contributed by atoms with Gasteiger partial charge in [0.05, 0.1) is 17.9 Å². The molecule has 1 aromatic heterocycles. The Morgan fingerprint density at radius 3 is 2.79 bits per heavy atom. The van der Waals surface area contributed by atoms with E-state index in [4.69, 9.17) is 4.42 Å². The highest BCUT2D eigenvalue weighted by Gasteiger charge is 2.12. The van der Waals surface area contributed by atoms with Crippen molar-refractivity contribution in [2.24, 2.45) is 0 Å². The molecule has 92 valence electrons. The van der Waals surface area contributed by atoms with E-state index in [0.717, 1.165) is 27.4 Å². The first kappa shape index (κ1) is 12.0. The molecular formula is C16H10BrNO. The Bertz CT molecular complexity index is 783. The predicted molar refractivity (Wildman–Crippen MR) is 79.0 cm³/mol. The van der Waals surface area contributed by atoms with Crippen LogP contribution in [0.25, 0.3) is 22.1 Å². The number of alkyl halides is 1. The van der Waals surface area contributed by atoms with E-state index in [-0.39, 0.29) is 0 Å². The normalized spacial score (nSPS) is 10.5. The van der Waals surface area contributed by atoms with Crippen molar-refractivity contribution >= 4 is 26.7 Å². The molecule has 0 aliphatic rings. The Hall–Kier alpha value is -2.05. The van der Waals surface area contributed by atoms with Crippen LogP contribution in [0.5, 0.6) is 0 Å². The summed E-state index contributed by atoms with van der Waals surface area (Å²) < 4.78 is 5.68. The molecule has 3 aromatic rings. The van der Waals surface area contributed by atoms with Crippen molar-refractivity contribution in [2.75, 3.05) is 0 Å². The van der Waals surface area contributed by atoms with E-state index in [1.165, 1.54) is 5.56 Å². The van der Waals surface area contributed by atoms with Crippen molar-refractivity contribution in [3.8, 4) is 17.4 Å². The first-order chi connectivity index (χ1) is 9.33. The van der Waals surface area contributed by atoms with Crippen LogP contribution in [-0.4, -0.2) is 0 Å². The van der Waals surface area contributed by atoms with Crippen molar-refractivity contribution in [2.45, 2.75) is 5.33 Å². The van der Waals surface area contributed by atoms with Crippen molar-refractivity contribution in [3.05, 3.63) is 59.9 Å². The SMILES string of the molecule is N#Cc1ccccc1-c1occ2cc(CBr)ccc12. The van der Waals surface area contributed by atoms with E-state index < -0.39 is 0 Å². The molecule has 0 spiro atoms. The number of furan rings is 1. The fraction of sp³-hybridized carbons (Fsp3) is 0.0625. The molecule has 0 radical (unpaired) electrons. The quantitative estimate of drug-likeness (QED) is 0.633. The van der Waals surface area contributed by atoms with Crippen molar-refractivity contribution in [1.82, 2.24) is 0 Å². The average Bonchev–Trinajstić information content (AvgIpc) is 2.89. The topological polar surface area (TPSA) is 36.9 Å². The summed E-state index contributed by atoms with van der Waals surface area (Å²) in [5.74, 6) is 0.758. The number of rotatable bonds is 2. The molecule has 2 nitrogen and oxygen atoms in total. The lowest BCUT2D eigenvalue weighted by Crippen LogP contribution is -1.82.